The molecule has 0 fully saturated rings. The minimum Gasteiger partial charge on any atom is -0.463 e. The summed E-state index contributed by atoms with van der Waals surface area (Å²) in [5.74, 6) is -0.500. The van der Waals surface area contributed by atoms with E-state index in [9.17, 15) is 13.2 Å². The molecule has 2 aromatic rings. The average Bonchev–Trinajstić information content (AvgIpc) is 2.92. The second-order valence-corrected chi connectivity index (χ2v) is 6.80. The van der Waals surface area contributed by atoms with Gasteiger partial charge in [0.15, 0.2) is 0 Å². The molecule has 0 saturated carbocycles. The lowest BCUT2D eigenvalue weighted by Crippen LogP contribution is -2.28. The van der Waals surface area contributed by atoms with Crippen molar-refractivity contribution in [2.24, 2.45) is 5.14 Å². The Hall–Kier alpha value is -1.90. The highest BCUT2D eigenvalue weighted by Crippen LogP contribution is 2.22. The number of amides is 1. The van der Waals surface area contributed by atoms with E-state index >= 15 is 0 Å². The van der Waals surface area contributed by atoms with Crippen LogP contribution in [0.25, 0.3) is 11.0 Å². The molecule has 0 atom stereocenters. The zero-order valence-corrected chi connectivity index (χ0v) is 13.7. The number of primary sulfonamides is 1. The summed E-state index contributed by atoms with van der Waals surface area (Å²) < 4.78 is 31.9. The molecule has 2 rings (SSSR count). The van der Waals surface area contributed by atoms with Crippen LogP contribution in [0.1, 0.15) is 22.8 Å². The summed E-state index contributed by atoms with van der Waals surface area (Å²) in [6, 6.07) is 5.75. The monoisotopic (exact) mass is 340 g/mol. The first-order chi connectivity index (χ1) is 10.9. The maximum Gasteiger partial charge on any atom is 0.255 e. The Morgan fingerprint density at radius 1 is 1.35 bits per heavy atom. The van der Waals surface area contributed by atoms with Gasteiger partial charge in [-0.15, -0.1) is 0 Å². The van der Waals surface area contributed by atoms with Gasteiger partial charge in [-0.3, -0.25) is 4.79 Å². The number of nitrogens with one attached hydrogen (secondary N) is 1. The fourth-order valence-electron chi connectivity index (χ4n) is 2.08. The average molecular weight is 340 g/mol. The van der Waals surface area contributed by atoms with E-state index in [0.717, 1.165) is 17.4 Å². The van der Waals surface area contributed by atoms with Gasteiger partial charge in [-0.05, 0) is 24.1 Å². The van der Waals surface area contributed by atoms with E-state index in [0.29, 0.717) is 11.1 Å². The largest absolute Gasteiger partial charge is 0.463 e. The number of rotatable bonds is 8. The van der Waals surface area contributed by atoms with Gasteiger partial charge in [0.2, 0.25) is 10.0 Å². The van der Waals surface area contributed by atoms with Crippen molar-refractivity contribution < 1.29 is 22.4 Å². The molecular weight excluding hydrogens is 320 g/mol. The van der Waals surface area contributed by atoms with E-state index in [2.05, 4.69) is 5.32 Å². The molecule has 8 heteroatoms. The first-order valence-corrected chi connectivity index (χ1v) is 8.99. The van der Waals surface area contributed by atoms with E-state index in [1.54, 1.807) is 0 Å². The number of furan rings is 1. The number of fused-ring (bicyclic) bond motifs is 1. The molecule has 3 N–H and O–H groups in total. The lowest BCUT2D eigenvalue weighted by Gasteiger charge is -2.05. The molecule has 0 saturated heterocycles. The number of carbonyl (C=O) groups is 1. The van der Waals surface area contributed by atoms with E-state index in [1.165, 1.54) is 6.26 Å². The van der Waals surface area contributed by atoms with Gasteiger partial charge < -0.3 is 14.5 Å². The zero-order valence-electron chi connectivity index (χ0n) is 12.9. The highest BCUT2D eigenvalue weighted by molar-refractivity contribution is 7.89. The number of hydrogen-bond donors (Lipinski definition) is 2. The van der Waals surface area contributed by atoms with Crippen molar-refractivity contribution in [1.82, 2.24) is 5.32 Å². The number of hydrogen-bond acceptors (Lipinski definition) is 5. The fraction of sp³-hybridized carbons (Fsp3) is 0.400. The Balaban J connectivity index is 1.86. The fourth-order valence-corrected chi connectivity index (χ4v) is 2.43. The van der Waals surface area contributed by atoms with Crippen molar-refractivity contribution in [3.05, 3.63) is 35.6 Å². The number of nitrogens with two attached hydrogens (primary N) is 1. The summed E-state index contributed by atoms with van der Waals surface area (Å²) >= 11 is 0. The van der Waals surface area contributed by atoms with Gasteiger partial charge in [0, 0.05) is 11.9 Å². The van der Waals surface area contributed by atoms with Gasteiger partial charge in [0.25, 0.3) is 5.91 Å². The van der Waals surface area contributed by atoms with Crippen molar-refractivity contribution in [2.45, 2.75) is 13.3 Å². The second kappa shape index (κ2) is 7.58. The predicted octanol–water partition coefficient (Wildman–Crippen LogP) is 1.03. The molecule has 7 nitrogen and oxygen atoms in total. The third-order valence-corrected chi connectivity index (χ3v) is 4.07. The third-order valence-electron chi connectivity index (χ3n) is 3.33. The Labute approximate surface area is 134 Å². The van der Waals surface area contributed by atoms with Gasteiger partial charge in [-0.25, -0.2) is 13.6 Å². The van der Waals surface area contributed by atoms with Crippen LogP contribution in [0.3, 0.4) is 0 Å². The number of aryl methyl sites for hydroxylation is 1. The first-order valence-electron chi connectivity index (χ1n) is 7.27. The minimum atomic E-state index is -3.52. The van der Waals surface area contributed by atoms with Crippen molar-refractivity contribution in [2.75, 3.05) is 25.5 Å². The van der Waals surface area contributed by atoms with Gasteiger partial charge in [0.1, 0.15) is 11.8 Å². The number of ether oxygens (including phenoxy) is 1. The lowest BCUT2D eigenvalue weighted by molar-refractivity contribution is 0.0924. The van der Waals surface area contributed by atoms with Crippen LogP contribution in [0.15, 0.2) is 28.9 Å². The summed E-state index contributed by atoms with van der Waals surface area (Å²) in [5.41, 5.74) is 2.26. The number of carbonyl (C=O) groups excluding carboxylic acids is 1. The minimum absolute atomic E-state index is 0.00318. The van der Waals surface area contributed by atoms with Crippen molar-refractivity contribution >= 4 is 26.9 Å². The Kier molecular flexibility index (Phi) is 5.75. The summed E-state index contributed by atoms with van der Waals surface area (Å²) in [5, 5.41) is 8.33. The summed E-state index contributed by atoms with van der Waals surface area (Å²) in [6.45, 7) is 2.52. The molecule has 1 heterocycles. The molecule has 0 spiro atoms. The van der Waals surface area contributed by atoms with Crippen LogP contribution in [-0.2, 0) is 21.2 Å². The van der Waals surface area contributed by atoms with Crippen LogP contribution < -0.4 is 10.5 Å². The molecule has 23 heavy (non-hydrogen) atoms. The van der Waals surface area contributed by atoms with Crippen molar-refractivity contribution in [3.63, 3.8) is 0 Å². The van der Waals surface area contributed by atoms with Crippen LogP contribution in [0, 0.1) is 0 Å². The van der Waals surface area contributed by atoms with Gasteiger partial charge >= 0.3 is 0 Å². The topological polar surface area (TPSA) is 112 Å². The molecule has 1 aromatic heterocycles. The standard InChI is InChI=1S/C15H20N2O5S/c1-2-11-3-4-14-12(9-11)13(10-22-14)15(18)17-5-6-21-7-8-23(16,19)20/h3-4,9-10H,2,5-8H2,1H3,(H,17,18)(H2,16,19,20). The van der Waals surface area contributed by atoms with Crippen LogP contribution >= 0.6 is 0 Å². The molecule has 0 aliphatic heterocycles. The maximum atomic E-state index is 12.2. The highest BCUT2D eigenvalue weighted by Gasteiger charge is 2.13. The van der Waals surface area contributed by atoms with E-state index in [-0.39, 0.29) is 31.4 Å². The lowest BCUT2D eigenvalue weighted by atomic mass is 10.1. The number of sulfonamides is 1. The van der Waals surface area contributed by atoms with Crippen LogP contribution in [0.5, 0.6) is 0 Å². The third kappa shape index (κ3) is 5.05. The Bertz CT molecular complexity index is 782. The summed E-state index contributed by atoms with van der Waals surface area (Å²) in [4.78, 5) is 12.2. The molecule has 0 bridgehead atoms. The maximum absolute atomic E-state index is 12.2. The molecule has 0 radical (unpaired) electrons. The van der Waals surface area contributed by atoms with Gasteiger partial charge in [-0.1, -0.05) is 13.0 Å². The van der Waals surface area contributed by atoms with Crippen LogP contribution in [-0.4, -0.2) is 39.8 Å². The molecule has 1 amide bonds. The predicted molar refractivity (Wildman–Crippen MR) is 86.7 cm³/mol. The Morgan fingerprint density at radius 2 is 2.13 bits per heavy atom. The van der Waals surface area contributed by atoms with Crippen molar-refractivity contribution in [1.29, 1.82) is 0 Å². The highest BCUT2D eigenvalue weighted by atomic mass is 32.2. The summed E-state index contributed by atoms with van der Waals surface area (Å²) in [7, 11) is -3.52. The van der Waals surface area contributed by atoms with Gasteiger partial charge in [0.05, 0.1) is 24.5 Å². The quantitative estimate of drug-likeness (QED) is 0.697. The van der Waals surface area contributed by atoms with Gasteiger partial charge in [-0.2, -0.15) is 0 Å². The van der Waals surface area contributed by atoms with E-state index in [1.807, 2.05) is 25.1 Å². The van der Waals surface area contributed by atoms with Crippen LogP contribution in [0.4, 0.5) is 0 Å². The molecule has 0 aliphatic rings. The van der Waals surface area contributed by atoms with E-state index in [4.69, 9.17) is 14.3 Å². The van der Waals surface area contributed by atoms with Crippen LogP contribution in [0.2, 0.25) is 0 Å². The molecule has 0 unspecified atom stereocenters. The SMILES string of the molecule is CCc1ccc2occ(C(=O)NCCOCCS(N)(=O)=O)c2c1. The normalized spacial score (nSPS) is 11.7. The molecular formula is C15H20N2O5S. The van der Waals surface area contributed by atoms with Crippen molar-refractivity contribution in [3.8, 4) is 0 Å². The second-order valence-electron chi connectivity index (χ2n) is 5.07. The smallest absolute Gasteiger partial charge is 0.255 e. The molecule has 1 aromatic carbocycles. The molecule has 0 aliphatic carbocycles. The first kappa shape index (κ1) is 17.5. The number of benzene rings is 1. The zero-order chi connectivity index (χ0) is 16.9. The molecule has 126 valence electrons. The summed E-state index contributed by atoms with van der Waals surface area (Å²) in [6.07, 6.45) is 2.31. The van der Waals surface area contributed by atoms with E-state index < -0.39 is 10.0 Å². The Morgan fingerprint density at radius 3 is 2.83 bits per heavy atom.